The molecule has 0 aromatic heterocycles. The lowest BCUT2D eigenvalue weighted by atomic mass is 9.76. The van der Waals surface area contributed by atoms with E-state index in [-0.39, 0.29) is 5.91 Å². The molecule has 0 aliphatic heterocycles. The Morgan fingerprint density at radius 2 is 1.70 bits per heavy atom. The van der Waals surface area contributed by atoms with Crippen molar-refractivity contribution >= 4 is 17.6 Å². The number of carbonyl (C=O) groups excluding carboxylic acids is 1. The Labute approximate surface area is 136 Å². The number of allylic oxidation sites excluding steroid dienone is 2. The molecule has 2 N–H and O–H groups in total. The third-order valence-corrected chi connectivity index (χ3v) is 5.29. The summed E-state index contributed by atoms with van der Waals surface area (Å²) < 4.78 is 0. The van der Waals surface area contributed by atoms with Crippen LogP contribution in [-0.2, 0) is 22.4 Å². The number of anilines is 1. The first-order valence-electron chi connectivity index (χ1n) is 8.26. The van der Waals surface area contributed by atoms with Crippen molar-refractivity contribution in [2.45, 2.75) is 46.0 Å². The fraction of sp³-hybridized carbons (Fsp3) is 0.474. The number of rotatable bonds is 3. The van der Waals surface area contributed by atoms with Gasteiger partial charge in [0.05, 0.1) is 11.8 Å². The summed E-state index contributed by atoms with van der Waals surface area (Å²) in [4.78, 5) is 24.2. The van der Waals surface area contributed by atoms with Crippen molar-refractivity contribution in [1.82, 2.24) is 0 Å². The zero-order chi connectivity index (χ0) is 16.6. The smallest absolute Gasteiger partial charge is 0.307 e. The molecular formula is C19H23NO3. The van der Waals surface area contributed by atoms with Crippen LogP contribution in [0.1, 0.15) is 44.2 Å². The SMILES string of the molecule is CC1=C(C)C[C@@H](C(=O)O)[C@@H](C(=O)Nc2ccc3c(c2)CCC3)C1. The average Bonchev–Trinajstić information content (AvgIpc) is 2.96. The highest BCUT2D eigenvalue weighted by molar-refractivity contribution is 5.95. The fourth-order valence-electron chi connectivity index (χ4n) is 3.71. The van der Waals surface area contributed by atoms with Crippen molar-refractivity contribution < 1.29 is 14.7 Å². The van der Waals surface area contributed by atoms with Crippen LogP contribution in [0, 0.1) is 11.8 Å². The van der Waals surface area contributed by atoms with Crippen LogP contribution in [0.2, 0.25) is 0 Å². The highest BCUT2D eigenvalue weighted by atomic mass is 16.4. The van der Waals surface area contributed by atoms with Gasteiger partial charge in [0.25, 0.3) is 0 Å². The maximum absolute atomic E-state index is 12.6. The molecule has 0 unspecified atom stereocenters. The number of fused-ring (bicyclic) bond motifs is 1. The lowest BCUT2D eigenvalue weighted by Gasteiger charge is -2.29. The summed E-state index contributed by atoms with van der Waals surface area (Å²) in [6.07, 6.45) is 4.32. The van der Waals surface area contributed by atoms with Crippen molar-refractivity contribution in [1.29, 1.82) is 0 Å². The van der Waals surface area contributed by atoms with Gasteiger partial charge in [-0.05, 0) is 69.2 Å². The minimum Gasteiger partial charge on any atom is -0.481 e. The van der Waals surface area contributed by atoms with Crippen LogP contribution in [0.3, 0.4) is 0 Å². The molecule has 1 amide bonds. The Hall–Kier alpha value is -2.10. The van der Waals surface area contributed by atoms with Crippen molar-refractivity contribution in [2.75, 3.05) is 5.32 Å². The molecule has 2 aliphatic rings. The van der Waals surface area contributed by atoms with Gasteiger partial charge < -0.3 is 10.4 Å². The predicted octanol–water partition coefficient (Wildman–Crippen LogP) is 3.56. The first kappa shape index (κ1) is 15.8. The van der Waals surface area contributed by atoms with Crippen LogP contribution in [0.5, 0.6) is 0 Å². The van der Waals surface area contributed by atoms with E-state index in [1.165, 1.54) is 17.5 Å². The van der Waals surface area contributed by atoms with Gasteiger partial charge in [-0.3, -0.25) is 9.59 Å². The zero-order valence-corrected chi connectivity index (χ0v) is 13.7. The Kier molecular flexibility index (Phi) is 4.24. The minimum atomic E-state index is -0.883. The van der Waals surface area contributed by atoms with Gasteiger partial charge in [0.1, 0.15) is 0 Å². The van der Waals surface area contributed by atoms with Gasteiger partial charge in [-0.1, -0.05) is 17.2 Å². The molecule has 0 fully saturated rings. The van der Waals surface area contributed by atoms with Crippen LogP contribution >= 0.6 is 0 Å². The van der Waals surface area contributed by atoms with Crippen LogP contribution in [0.15, 0.2) is 29.3 Å². The van der Waals surface area contributed by atoms with Crippen molar-refractivity contribution in [3.8, 4) is 0 Å². The van der Waals surface area contributed by atoms with Gasteiger partial charge in [0.15, 0.2) is 0 Å². The van der Waals surface area contributed by atoms with Crippen LogP contribution in [-0.4, -0.2) is 17.0 Å². The molecular weight excluding hydrogens is 290 g/mol. The van der Waals surface area contributed by atoms with E-state index in [0.717, 1.165) is 29.7 Å². The molecule has 1 aromatic rings. The van der Waals surface area contributed by atoms with E-state index in [0.29, 0.717) is 12.8 Å². The number of carboxylic acid groups (broad SMARTS) is 1. The summed E-state index contributed by atoms with van der Waals surface area (Å²) in [5, 5.41) is 12.4. The Balaban J connectivity index is 1.77. The molecule has 0 saturated carbocycles. The summed E-state index contributed by atoms with van der Waals surface area (Å²) >= 11 is 0. The molecule has 3 rings (SSSR count). The monoisotopic (exact) mass is 313 g/mol. The number of nitrogens with one attached hydrogen (secondary N) is 1. The van der Waals surface area contributed by atoms with Crippen molar-refractivity contribution in [3.63, 3.8) is 0 Å². The van der Waals surface area contributed by atoms with Gasteiger partial charge in [0, 0.05) is 5.69 Å². The van der Waals surface area contributed by atoms with Gasteiger partial charge >= 0.3 is 5.97 Å². The molecule has 0 spiro atoms. The Morgan fingerprint density at radius 3 is 2.39 bits per heavy atom. The highest BCUT2D eigenvalue weighted by Gasteiger charge is 2.37. The number of amides is 1. The third-order valence-electron chi connectivity index (χ3n) is 5.29. The number of hydrogen-bond acceptors (Lipinski definition) is 2. The number of hydrogen-bond donors (Lipinski definition) is 2. The first-order chi connectivity index (χ1) is 11.0. The van der Waals surface area contributed by atoms with E-state index in [1.54, 1.807) is 0 Å². The summed E-state index contributed by atoms with van der Waals surface area (Å²) in [6, 6.07) is 6.03. The summed E-state index contributed by atoms with van der Waals surface area (Å²) in [7, 11) is 0. The van der Waals surface area contributed by atoms with E-state index >= 15 is 0 Å². The second kappa shape index (κ2) is 6.19. The molecule has 122 valence electrons. The van der Waals surface area contributed by atoms with Crippen molar-refractivity contribution in [3.05, 3.63) is 40.5 Å². The van der Waals surface area contributed by atoms with Crippen molar-refractivity contribution in [2.24, 2.45) is 11.8 Å². The van der Waals surface area contributed by atoms with Gasteiger partial charge in [-0.25, -0.2) is 0 Å². The summed E-state index contributed by atoms with van der Waals surface area (Å²) in [5.74, 6) is -2.19. The summed E-state index contributed by atoms with van der Waals surface area (Å²) in [5.41, 5.74) is 5.67. The second-order valence-corrected chi connectivity index (χ2v) is 6.85. The largest absolute Gasteiger partial charge is 0.481 e. The number of aliphatic carboxylic acids is 1. The molecule has 0 heterocycles. The molecule has 2 aliphatic carbocycles. The number of benzene rings is 1. The Bertz CT molecular complexity index is 690. The third kappa shape index (κ3) is 3.16. The lowest BCUT2D eigenvalue weighted by molar-refractivity contribution is -0.146. The van der Waals surface area contributed by atoms with Gasteiger partial charge in [-0.2, -0.15) is 0 Å². The Morgan fingerprint density at radius 1 is 1.04 bits per heavy atom. The molecule has 4 heteroatoms. The lowest BCUT2D eigenvalue weighted by Crippen LogP contribution is -2.36. The molecule has 0 saturated heterocycles. The van der Waals surface area contributed by atoms with E-state index in [9.17, 15) is 14.7 Å². The van der Waals surface area contributed by atoms with E-state index in [1.807, 2.05) is 26.0 Å². The first-order valence-corrected chi connectivity index (χ1v) is 8.26. The highest BCUT2D eigenvalue weighted by Crippen LogP contribution is 2.35. The molecule has 0 radical (unpaired) electrons. The fourth-order valence-corrected chi connectivity index (χ4v) is 3.71. The number of carboxylic acids is 1. The van der Waals surface area contributed by atoms with Crippen LogP contribution in [0.25, 0.3) is 0 Å². The average molecular weight is 313 g/mol. The second-order valence-electron chi connectivity index (χ2n) is 6.85. The standard InChI is InChI=1S/C19H23NO3/c1-11-8-16(17(19(22)23)9-12(11)2)18(21)20-15-7-6-13-4-3-5-14(13)10-15/h6-7,10,16-17H,3-5,8-9H2,1-2H3,(H,20,21)(H,22,23)/t16-,17+/m0/s1. The quantitative estimate of drug-likeness (QED) is 0.839. The van der Waals surface area contributed by atoms with E-state index < -0.39 is 17.8 Å². The van der Waals surface area contributed by atoms with Crippen LogP contribution in [0.4, 0.5) is 5.69 Å². The normalized spacial score (nSPS) is 23.6. The maximum Gasteiger partial charge on any atom is 0.307 e. The molecule has 0 bridgehead atoms. The van der Waals surface area contributed by atoms with E-state index in [2.05, 4.69) is 11.4 Å². The minimum absolute atomic E-state index is 0.179. The number of aryl methyl sites for hydroxylation is 2. The van der Waals surface area contributed by atoms with Crippen LogP contribution < -0.4 is 5.32 Å². The molecule has 4 nitrogen and oxygen atoms in total. The zero-order valence-electron chi connectivity index (χ0n) is 13.7. The maximum atomic E-state index is 12.6. The molecule has 23 heavy (non-hydrogen) atoms. The predicted molar refractivity (Wildman–Crippen MR) is 89.3 cm³/mol. The number of carbonyl (C=O) groups is 2. The topological polar surface area (TPSA) is 66.4 Å². The molecule has 1 aromatic carbocycles. The van der Waals surface area contributed by atoms with E-state index in [4.69, 9.17) is 0 Å². The van der Waals surface area contributed by atoms with Gasteiger partial charge in [-0.15, -0.1) is 0 Å². The summed E-state index contributed by atoms with van der Waals surface area (Å²) in [6.45, 7) is 3.95. The molecule has 2 atom stereocenters. The van der Waals surface area contributed by atoms with Gasteiger partial charge in [0.2, 0.25) is 5.91 Å².